The maximum atomic E-state index is 11.3. The molecule has 0 bridgehead atoms. The second kappa shape index (κ2) is 9.24. The summed E-state index contributed by atoms with van der Waals surface area (Å²) in [5.41, 5.74) is 0. The van der Waals surface area contributed by atoms with Crippen LogP contribution in [0.4, 0.5) is 4.79 Å². The van der Waals surface area contributed by atoms with E-state index in [-0.39, 0.29) is 6.03 Å². The molecule has 2 amide bonds. The number of amides is 2. The Hall–Kier alpha value is -0.810. The van der Waals surface area contributed by atoms with Crippen molar-refractivity contribution in [3.05, 3.63) is 0 Å². The number of carbonyl (C=O) groups is 1. The van der Waals surface area contributed by atoms with Crippen LogP contribution < -0.4 is 16.0 Å². The maximum Gasteiger partial charge on any atom is 0.314 e. The van der Waals surface area contributed by atoms with E-state index in [1.807, 2.05) is 0 Å². The fraction of sp³-hybridized carbons (Fsp3) is 0.917. The summed E-state index contributed by atoms with van der Waals surface area (Å²) in [7, 11) is 0. The lowest BCUT2D eigenvalue weighted by Gasteiger charge is -2.27. The Morgan fingerprint density at radius 2 is 1.82 bits per heavy atom. The van der Waals surface area contributed by atoms with E-state index >= 15 is 0 Å². The third-order valence-electron chi connectivity index (χ3n) is 2.96. The van der Waals surface area contributed by atoms with Crippen LogP contribution in [0.15, 0.2) is 0 Å². The van der Waals surface area contributed by atoms with Crippen LogP contribution in [0.3, 0.4) is 0 Å². The molecule has 100 valence electrons. The van der Waals surface area contributed by atoms with E-state index in [1.165, 1.54) is 0 Å². The smallest absolute Gasteiger partial charge is 0.314 e. The standard InChI is InChI=1S/C12H26N4O/c1-2-3-5-14-12(17)15-6-4-9-16-10-7-13-8-11-16/h13H,2-11H2,1H3,(H2,14,15,17). The molecule has 5 heteroatoms. The molecule has 1 fully saturated rings. The monoisotopic (exact) mass is 242 g/mol. The van der Waals surface area contributed by atoms with Gasteiger partial charge < -0.3 is 20.9 Å². The zero-order valence-electron chi connectivity index (χ0n) is 10.9. The van der Waals surface area contributed by atoms with Crippen LogP contribution in [0.1, 0.15) is 26.2 Å². The number of unbranched alkanes of at least 4 members (excludes halogenated alkanes) is 1. The van der Waals surface area contributed by atoms with Crippen LogP contribution in [0, 0.1) is 0 Å². The van der Waals surface area contributed by atoms with Crippen molar-refractivity contribution in [2.75, 3.05) is 45.8 Å². The van der Waals surface area contributed by atoms with Gasteiger partial charge in [0.25, 0.3) is 0 Å². The molecule has 3 N–H and O–H groups in total. The van der Waals surface area contributed by atoms with Crippen molar-refractivity contribution in [3.8, 4) is 0 Å². The first kappa shape index (κ1) is 14.3. The highest BCUT2D eigenvalue weighted by molar-refractivity contribution is 5.73. The number of hydrogen-bond acceptors (Lipinski definition) is 3. The average molecular weight is 242 g/mol. The molecule has 0 aromatic carbocycles. The minimum atomic E-state index is -0.0289. The second-order valence-electron chi connectivity index (χ2n) is 4.48. The molecule has 0 aromatic heterocycles. The normalized spacial score (nSPS) is 16.8. The van der Waals surface area contributed by atoms with Gasteiger partial charge in [-0.3, -0.25) is 0 Å². The molecule has 1 heterocycles. The van der Waals surface area contributed by atoms with Crippen molar-refractivity contribution < 1.29 is 4.79 Å². The van der Waals surface area contributed by atoms with E-state index in [4.69, 9.17) is 0 Å². The molecule has 0 spiro atoms. The Labute approximate surface area is 104 Å². The van der Waals surface area contributed by atoms with Gasteiger partial charge in [-0.05, 0) is 19.4 Å². The molecule has 1 aliphatic rings. The highest BCUT2D eigenvalue weighted by atomic mass is 16.2. The number of rotatable bonds is 7. The molecule has 0 aliphatic carbocycles. The molecule has 17 heavy (non-hydrogen) atoms. The van der Waals surface area contributed by atoms with Gasteiger partial charge in [-0.25, -0.2) is 4.79 Å². The lowest BCUT2D eigenvalue weighted by atomic mass is 10.3. The summed E-state index contributed by atoms with van der Waals surface area (Å²) < 4.78 is 0. The molecule has 0 saturated carbocycles. The van der Waals surface area contributed by atoms with Crippen LogP contribution in [-0.2, 0) is 0 Å². The summed E-state index contributed by atoms with van der Waals surface area (Å²) in [6.45, 7) is 9.17. The minimum absolute atomic E-state index is 0.0289. The molecule has 0 radical (unpaired) electrons. The number of piperazine rings is 1. The Balaban J connectivity index is 1.90. The van der Waals surface area contributed by atoms with Crippen LogP contribution >= 0.6 is 0 Å². The highest BCUT2D eigenvalue weighted by Gasteiger charge is 2.08. The Kier molecular flexibility index (Phi) is 7.75. The molecular weight excluding hydrogens is 216 g/mol. The largest absolute Gasteiger partial charge is 0.338 e. The van der Waals surface area contributed by atoms with Gasteiger partial charge in [-0.2, -0.15) is 0 Å². The minimum Gasteiger partial charge on any atom is -0.338 e. The first-order chi connectivity index (χ1) is 8.33. The highest BCUT2D eigenvalue weighted by Crippen LogP contribution is 1.93. The number of nitrogens with zero attached hydrogens (tertiary/aromatic N) is 1. The predicted molar refractivity (Wildman–Crippen MR) is 70.2 cm³/mol. The Morgan fingerprint density at radius 1 is 1.18 bits per heavy atom. The molecule has 1 rings (SSSR count). The van der Waals surface area contributed by atoms with Gasteiger partial charge in [0.2, 0.25) is 0 Å². The van der Waals surface area contributed by atoms with Crippen LogP contribution in [-0.4, -0.2) is 56.7 Å². The molecule has 0 atom stereocenters. The molecule has 0 unspecified atom stereocenters. The van der Waals surface area contributed by atoms with Gasteiger partial charge in [-0.1, -0.05) is 13.3 Å². The molecule has 0 aromatic rings. The zero-order valence-corrected chi connectivity index (χ0v) is 10.9. The Morgan fingerprint density at radius 3 is 2.47 bits per heavy atom. The third-order valence-corrected chi connectivity index (χ3v) is 2.96. The van der Waals surface area contributed by atoms with Crippen molar-refractivity contribution >= 4 is 6.03 Å². The topological polar surface area (TPSA) is 56.4 Å². The Bertz CT molecular complexity index is 205. The zero-order chi connectivity index (χ0) is 12.3. The van der Waals surface area contributed by atoms with Gasteiger partial charge in [-0.15, -0.1) is 0 Å². The van der Waals surface area contributed by atoms with E-state index in [2.05, 4.69) is 27.8 Å². The van der Waals surface area contributed by atoms with Crippen LogP contribution in [0.2, 0.25) is 0 Å². The van der Waals surface area contributed by atoms with Gasteiger partial charge >= 0.3 is 6.03 Å². The van der Waals surface area contributed by atoms with Gasteiger partial charge in [0.1, 0.15) is 0 Å². The van der Waals surface area contributed by atoms with Crippen molar-refractivity contribution in [3.63, 3.8) is 0 Å². The van der Waals surface area contributed by atoms with Crippen molar-refractivity contribution in [1.82, 2.24) is 20.9 Å². The fourth-order valence-electron chi connectivity index (χ4n) is 1.88. The fourth-order valence-corrected chi connectivity index (χ4v) is 1.88. The maximum absolute atomic E-state index is 11.3. The lowest BCUT2D eigenvalue weighted by Crippen LogP contribution is -2.44. The first-order valence-corrected chi connectivity index (χ1v) is 6.77. The number of nitrogens with one attached hydrogen (secondary N) is 3. The quantitative estimate of drug-likeness (QED) is 0.566. The number of carbonyl (C=O) groups excluding carboxylic acids is 1. The number of urea groups is 1. The van der Waals surface area contributed by atoms with Crippen molar-refractivity contribution in [2.45, 2.75) is 26.2 Å². The van der Waals surface area contributed by atoms with Crippen molar-refractivity contribution in [1.29, 1.82) is 0 Å². The molecule has 5 nitrogen and oxygen atoms in total. The van der Waals surface area contributed by atoms with E-state index in [0.717, 1.165) is 65.1 Å². The first-order valence-electron chi connectivity index (χ1n) is 6.77. The number of hydrogen-bond donors (Lipinski definition) is 3. The second-order valence-corrected chi connectivity index (χ2v) is 4.48. The predicted octanol–water partition coefficient (Wildman–Crippen LogP) is 0.381. The summed E-state index contributed by atoms with van der Waals surface area (Å²) in [6.07, 6.45) is 3.19. The third kappa shape index (κ3) is 7.18. The van der Waals surface area contributed by atoms with Gasteiger partial charge in [0.05, 0.1) is 0 Å². The summed E-state index contributed by atoms with van der Waals surface area (Å²) in [6, 6.07) is -0.0289. The van der Waals surface area contributed by atoms with Crippen LogP contribution in [0.5, 0.6) is 0 Å². The van der Waals surface area contributed by atoms with Gasteiger partial charge in [0, 0.05) is 39.3 Å². The molecule has 1 aliphatic heterocycles. The van der Waals surface area contributed by atoms with E-state index in [1.54, 1.807) is 0 Å². The van der Waals surface area contributed by atoms with Gasteiger partial charge in [0.15, 0.2) is 0 Å². The summed E-state index contributed by atoms with van der Waals surface area (Å²) in [5, 5.41) is 9.07. The summed E-state index contributed by atoms with van der Waals surface area (Å²) in [5.74, 6) is 0. The SMILES string of the molecule is CCCCNC(=O)NCCCN1CCNCC1. The summed E-state index contributed by atoms with van der Waals surface area (Å²) >= 11 is 0. The summed E-state index contributed by atoms with van der Waals surface area (Å²) in [4.78, 5) is 13.8. The molecular formula is C12H26N4O. The van der Waals surface area contributed by atoms with E-state index in [9.17, 15) is 4.79 Å². The van der Waals surface area contributed by atoms with E-state index < -0.39 is 0 Å². The van der Waals surface area contributed by atoms with E-state index in [0.29, 0.717) is 0 Å². The van der Waals surface area contributed by atoms with Crippen LogP contribution in [0.25, 0.3) is 0 Å². The lowest BCUT2D eigenvalue weighted by molar-refractivity contribution is 0.230. The average Bonchev–Trinajstić information content (AvgIpc) is 2.36. The van der Waals surface area contributed by atoms with Crippen molar-refractivity contribution in [2.24, 2.45) is 0 Å². The molecule has 1 saturated heterocycles.